The van der Waals surface area contributed by atoms with Crippen LogP contribution in [0.3, 0.4) is 0 Å². The molecular weight excluding hydrogens is 413 g/mol. The summed E-state index contributed by atoms with van der Waals surface area (Å²) in [6.45, 7) is 3.30. The van der Waals surface area contributed by atoms with Crippen LogP contribution in [0, 0.1) is 0 Å². The quantitative estimate of drug-likeness (QED) is 0.662. The Balaban J connectivity index is 1.28. The van der Waals surface area contributed by atoms with Crippen molar-refractivity contribution in [1.82, 2.24) is 19.9 Å². The second-order valence-electron chi connectivity index (χ2n) is 6.72. The van der Waals surface area contributed by atoms with Crippen molar-refractivity contribution in [2.45, 2.75) is 6.54 Å². The van der Waals surface area contributed by atoms with Gasteiger partial charge in [-0.15, -0.1) is 0 Å². The molecule has 150 valence electrons. The molecule has 1 aliphatic heterocycles. The van der Waals surface area contributed by atoms with Crippen LogP contribution < -0.4 is 5.32 Å². The van der Waals surface area contributed by atoms with Gasteiger partial charge in [0.25, 0.3) is 5.89 Å². The summed E-state index contributed by atoms with van der Waals surface area (Å²) in [5.74, 6) is 1.09. The molecule has 4 rings (SSSR count). The van der Waals surface area contributed by atoms with Crippen molar-refractivity contribution in [3.8, 4) is 11.5 Å². The van der Waals surface area contributed by atoms with Gasteiger partial charge >= 0.3 is 6.03 Å². The van der Waals surface area contributed by atoms with Gasteiger partial charge in [0.15, 0.2) is 5.82 Å². The maximum atomic E-state index is 12.4. The second kappa shape index (κ2) is 8.82. The molecule has 2 aromatic carbocycles. The number of carbonyl (C=O) groups is 1. The zero-order valence-corrected chi connectivity index (χ0v) is 17.0. The Morgan fingerprint density at radius 1 is 0.966 bits per heavy atom. The lowest BCUT2D eigenvalue weighted by Crippen LogP contribution is -2.49. The predicted octanol–water partition coefficient (Wildman–Crippen LogP) is 4.39. The molecule has 0 bridgehead atoms. The highest BCUT2D eigenvalue weighted by Crippen LogP contribution is 2.20. The molecule has 2 heterocycles. The fourth-order valence-corrected chi connectivity index (χ4v) is 3.32. The molecule has 29 heavy (non-hydrogen) atoms. The number of urea groups is 1. The number of benzene rings is 2. The van der Waals surface area contributed by atoms with Crippen molar-refractivity contribution in [3.63, 3.8) is 0 Å². The van der Waals surface area contributed by atoms with Gasteiger partial charge in [0.2, 0.25) is 0 Å². The van der Waals surface area contributed by atoms with E-state index in [0.29, 0.717) is 41.4 Å². The van der Waals surface area contributed by atoms with Crippen molar-refractivity contribution in [3.05, 3.63) is 64.4 Å². The molecule has 1 N–H and O–H groups in total. The lowest BCUT2D eigenvalue weighted by Gasteiger charge is -2.34. The average molecular weight is 432 g/mol. The molecule has 0 saturated carbocycles. The molecule has 0 spiro atoms. The Labute approximate surface area is 178 Å². The number of aromatic nitrogens is 2. The molecule has 7 nitrogen and oxygen atoms in total. The third-order valence-electron chi connectivity index (χ3n) is 4.68. The van der Waals surface area contributed by atoms with E-state index in [1.807, 2.05) is 12.1 Å². The number of anilines is 1. The SMILES string of the molecule is O=C(Nc1ccc(Cl)cc1)N1CCN(Cc2noc(-c3ccc(Cl)cc3)n2)CC1. The van der Waals surface area contributed by atoms with E-state index in [1.54, 1.807) is 41.3 Å². The summed E-state index contributed by atoms with van der Waals surface area (Å²) in [6.07, 6.45) is 0. The normalized spacial score (nSPS) is 14.8. The van der Waals surface area contributed by atoms with Gasteiger partial charge in [-0.1, -0.05) is 28.4 Å². The minimum Gasteiger partial charge on any atom is -0.334 e. The Kier molecular flexibility index (Phi) is 5.99. The van der Waals surface area contributed by atoms with Gasteiger partial charge in [0.1, 0.15) is 0 Å². The smallest absolute Gasteiger partial charge is 0.321 e. The number of hydrogen-bond acceptors (Lipinski definition) is 5. The van der Waals surface area contributed by atoms with Gasteiger partial charge in [0, 0.05) is 47.5 Å². The first-order valence-electron chi connectivity index (χ1n) is 9.19. The van der Waals surface area contributed by atoms with Crippen molar-refractivity contribution < 1.29 is 9.32 Å². The van der Waals surface area contributed by atoms with Crippen molar-refractivity contribution in [2.75, 3.05) is 31.5 Å². The molecule has 1 saturated heterocycles. The molecule has 0 aliphatic carbocycles. The summed E-state index contributed by atoms with van der Waals surface area (Å²) in [7, 11) is 0. The number of amides is 2. The fraction of sp³-hybridized carbons (Fsp3) is 0.250. The predicted molar refractivity (Wildman–Crippen MR) is 112 cm³/mol. The maximum absolute atomic E-state index is 12.4. The summed E-state index contributed by atoms with van der Waals surface area (Å²) >= 11 is 11.8. The summed E-state index contributed by atoms with van der Waals surface area (Å²) in [5.41, 5.74) is 1.56. The average Bonchev–Trinajstić information content (AvgIpc) is 3.19. The lowest BCUT2D eigenvalue weighted by molar-refractivity contribution is 0.140. The standard InChI is InChI=1S/C20H19Cl2N5O2/c21-15-3-1-14(2-4-15)19-24-18(25-29-19)13-26-9-11-27(12-10-26)20(28)23-17-7-5-16(22)6-8-17/h1-8H,9-13H2,(H,23,28). The highest BCUT2D eigenvalue weighted by atomic mass is 35.5. The lowest BCUT2D eigenvalue weighted by atomic mass is 10.2. The molecule has 2 amide bonds. The summed E-state index contributed by atoms with van der Waals surface area (Å²) < 4.78 is 5.35. The Hall–Kier alpha value is -2.61. The molecule has 9 heteroatoms. The topological polar surface area (TPSA) is 74.5 Å². The van der Waals surface area contributed by atoms with Crippen LogP contribution in [-0.4, -0.2) is 52.2 Å². The van der Waals surface area contributed by atoms with Crippen LogP contribution >= 0.6 is 23.2 Å². The number of rotatable bonds is 4. The van der Waals surface area contributed by atoms with Gasteiger partial charge in [0.05, 0.1) is 6.54 Å². The molecule has 0 radical (unpaired) electrons. The van der Waals surface area contributed by atoms with Crippen molar-refractivity contribution in [2.24, 2.45) is 0 Å². The highest BCUT2D eigenvalue weighted by Gasteiger charge is 2.22. The number of hydrogen-bond donors (Lipinski definition) is 1. The first-order chi connectivity index (χ1) is 14.1. The molecule has 0 atom stereocenters. The zero-order valence-electron chi connectivity index (χ0n) is 15.5. The van der Waals surface area contributed by atoms with Crippen LogP contribution in [0.15, 0.2) is 53.1 Å². The maximum Gasteiger partial charge on any atom is 0.321 e. The second-order valence-corrected chi connectivity index (χ2v) is 7.60. The van der Waals surface area contributed by atoms with E-state index in [4.69, 9.17) is 27.7 Å². The van der Waals surface area contributed by atoms with E-state index < -0.39 is 0 Å². The minimum atomic E-state index is -0.114. The van der Waals surface area contributed by atoms with E-state index in [2.05, 4.69) is 20.4 Å². The third kappa shape index (κ3) is 5.06. The minimum absolute atomic E-state index is 0.114. The van der Waals surface area contributed by atoms with Gasteiger partial charge in [-0.2, -0.15) is 4.98 Å². The van der Waals surface area contributed by atoms with Gasteiger partial charge in [-0.25, -0.2) is 4.79 Å². The van der Waals surface area contributed by atoms with Gasteiger partial charge < -0.3 is 14.7 Å². The van der Waals surface area contributed by atoms with E-state index in [-0.39, 0.29) is 6.03 Å². The molecule has 1 fully saturated rings. The first kappa shape index (κ1) is 19.7. The summed E-state index contributed by atoms with van der Waals surface area (Å²) in [6, 6.07) is 14.2. The Bertz CT molecular complexity index is 967. The number of nitrogens with zero attached hydrogens (tertiary/aromatic N) is 4. The van der Waals surface area contributed by atoms with Crippen LogP contribution in [0.2, 0.25) is 10.0 Å². The van der Waals surface area contributed by atoms with Crippen molar-refractivity contribution in [1.29, 1.82) is 0 Å². The molecule has 1 aromatic heterocycles. The summed E-state index contributed by atoms with van der Waals surface area (Å²) in [5, 5.41) is 8.25. The third-order valence-corrected chi connectivity index (χ3v) is 5.18. The highest BCUT2D eigenvalue weighted by molar-refractivity contribution is 6.30. The zero-order chi connectivity index (χ0) is 20.2. The Morgan fingerprint density at radius 2 is 1.59 bits per heavy atom. The number of piperazine rings is 1. The van der Waals surface area contributed by atoms with E-state index in [1.165, 1.54) is 0 Å². The molecule has 3 aromatic rings. The van der Waals surface area contributed by atoms with Gasteiger partial charge in [-0.3, -0.25) is 4.90 Å². The molecule has 1 aliphatic rings. The number of halogens is 2. The summed E-state index contributed by atoms with van der Waals surface area (Å²) in [4.78, 5) is 20.9. The van der Waals surface area contributed by atoms with Crippen LogP contribution in [0.4, 0.5) is 10.5 Å². The fourth-order valence-electron chi connectivity index (χ4n) is 3.07. The van der Waals surface area contributed by atoms with Crippen LogP contribution in [-0.2, 0) is 6.54 Å². The largest absolute Gasteiger partial charge is 0.334 e. The van der Waals surface area contributed by atoms with Crippen LogP contribution in [0.25, 0.3) is 11.5 Å². The van der Waals surface area contributed by atoms with E-state index in [0.717, 1.165) is 24.3 Å². The molecular formula is C20H19Cl2N5O2. The first-order valence-corrected chi connectivity index (χ1v) is 9.95. The van der Waals surface area contributed by atoms with Crippen LogP contribution in [0.5, 0.6) is 0 Å². The number of nitrogens with one attached hydrogen (secondary N) is 1. The van der Waals surface area contributed by atoms with Crippen LogP contribution in [0.1, 0.15) is 5.82 Å². The molecule has 0 unspecified atom stereocenters. The number of carbonyl (C=O) groups excluding carboxylic acids is 1. The van der Waals surface area contributed by atoms with Crippen molar-refractivity contribution >= 4 is 34.9 Å². The monoisotopic (exact) mass is 431 g/mol. The van der Waals surface area contributed by atoms with E-state index in [9.17, 15) is 4.79 Å². The van der Waals surface area contributed by atoms with E-state index >= 15 is 0 Å². The van der Waals surface area contributed by atoms with Gasteiger partial charge in [-0.05, 0) is 48.5 Å². The Morgan fingerprint density at radius 3 is 2.24 bits per heavy atom.